The molecule has 0 N–H and O–H groups in total. The Morgan fingerprint density at radius 2 is 2.04 bits per heavy atom. The van der Waals surface area contributed by atoms with Gasteiger partial charge in [-0.1, -0.05) is 0 Å². The lowest BCUT2D eigenvalue weighted by molar-refractivity contribution is 0.0737. The van der Waals surface area contributed by atoms with Gasteiger partial charge in [0.15, 0.2) is 0 Å². The predicted octanol–water partition coefficient (Wildman–Crippen LogP) is 1.39. The van der Waals surface area contributed by atoms with Gasteiger partial charge < -0.3 is 14.4 Å². The van der Waals surface area contributed by atoms with E-state index in [0.29, 0.717) is 18.8 Å². The van der Waals surface area contributed by atoms with E-state index in [0.717, 1.165) is 29.1 Å². The minimum Gasteiger partial charge on any atom is -0.352 e. The van der Waals surface area contributed by atoms with Crippen molar-refractivity contribution in [3.8, 4) is 0 Å². The number of carbonyl (C=O) groups excluding carboxylic acids is 1. The van der Waals surface area contributed by atoms with Crippen molar-refractivity contribution in [3.63, 3.8) is 0 Å². The zero-order valence-electron chi connectivity index (χ0n) is 12.7. The molecule has 4 rings (SSSR count). The Morgan fingerprint density at radius 3 is 2.78 bits per heavy atom. The number of rotatable bonds is 2. The van der Waals surface area contributed by atoms with E-state index in [9.17, 15) is 4.79 Å². The second kappa shape index (κ2) is 5.62. The number of fused-ring (bicyclic) bond motifs is 1. The summed E-state index contributed by atoms with van der Waals surface area (Å²) < 4.78 is 1.76. The van der Waals surface area contributed by atoms with Gasteiger partial charge in [0.2, 0.25) is 0 Å². The first-order chi connectivity index (χ1) is 11.2. The summed E-state index contributed by atoms with van der Waals surface area (Å²) in [4.78, 5) is 30.4. The van der Waals surface area contributed by atoms with E-state index in [4.69, 9.17) is 0 Å². The smallest absolute Gasteiger partial charge is 0.272 e. The van der Waals surface area contributed by atoms with Crippen LogP contribution < -0.4 is 4.90 Å². The van der Waals surface area contributed by atoms with Gasteiger partial charge >= 0.3 is 0 Å². The van der Waals surface area contributed by atoms with Gasteiger partial charge in [-0.2, -0.15) is 0 Å². The van der Waals surface area contributed by atoms with E-state index >= 15 is 0 Å². The van der Waals surface area contributed by atoms with E-state index in [-0.39, 0.29) is 5.91 Å². The zero-order valence-corrected chi connectivity index (χ0v) is 13.5. The topological polar surface area (TPSA) is 67.2 Å². The number of aromatic nitrogens is 4. The molecule has 0 saturated carbocycles. The summed E-state index contributed by atoms with van der Waals surface area (Å²) in [6, 6.07) is 2.06. The molecule has 0 aliphatic carbocycles. The van der Waals surface area contributed by atoms with Crippen molar-refractivity contribution in [2.75, 3.05) is 31.1 Å². The number of imidazole rings is 1. The highest BCUT2D eigenvalue weighted by molar-refractivity contribution is 7.16. The van der Waals surface area contributed by atoms with E-state index in [1.807, 2.05) is 17.3 Å². The van der Waals surface area contributed by atoms with Crippen molar-refractivity contribution < 1.29 is 4.79 Å². The molecule has 118 valence electrons. The Kier molecular flexibility index (Phi) is 3.45. The van der Waals surface area contributed by atoms with Gasteiger partial charge in [0.05, 0.1) is 17.9 Å². The molecule has 4 heterocycles. The minimum atomic E-state index is 0.0352. The third kappa shape index (κ3) is 2.44. The summed E-state index contributed by atoms with van der Waals surface area (Å²) in [5, 5.41) is 3.12. The fraction of sp³-hybridized carbons (Fsp3) is 0.333. The number of anilines is 1. The number of hydrogen-bond acceptors (Lipinski definition) is 6. The molecule has 0 aromatic carbocycles. The Morgan fingerprint density at radius 1 is 1.22 bits per heavy atom. The largest absolute Gasteiger partial charge is 0.352 e. The molecule has 1 fully saturated rings. The number of carbonyl (C=O) groups is 1. The molecule has 8 heteroatoms. The molecule has 0 spiro atoms. The third-order valence-electron chi connectivity index (χ3n) is 4.14. The SMILES string of the molecule is Cn1cncc1C(=O)N1CCN(c2ncnc3sccc23)CC1. The minimum absolute atomic E-state index is 0.0352. The van der Waals surface area contributed by atoms with Gasteiger partial charge in [-0.15, -0.1) is 11.3 Å². The van der Waals surface area contributed by atoms with Crippen LogP contribution in [0, 0.1) is 0 Å². The summed E-state index contributed by atoms with van der Waals surface area (Å²) in [5.41, 5.74) is 0.626. The van der Waals surface area contributed by atoms with Crippen LogP contribution in [0.15, 0.2) is 30.3 Å². The van der Waals surface area contributed by atoms with E-state index in [1.54, 1.807) is 34.8 Å². The number of thiophene rings is 1. The maximum absolute atomic E-state index is 12.5. The van der Waals surface area contributed by atoms with Gasteiger partial charge in [-0.25, -0.2) is 15.0 Å². The molecule has 0 unspecified atom stereocenters. The van der Waals surface area contributed by atoms with Gasteiger partial charge in [-0.3, -0.25) is 4.79 Å². The van der Waals surface area contributed by atoms with E-state index < -0.39 is 0 Å². The molecule has 1 aliphatic rings. The van der Waals surface area contributed by atoms with Gasteiger partial charge in [0.25, 0.3) is 5.91 Å². The van der Waals surface area contributed by atoms with E-state index in [2.05, 4.69) is 25.9 Å². The van der Waals surface area contributed by atoms with Crippen LogP contribution in [0.3, 0.4) is 0 Å². The van der Waals surface area contributed by atoms with Crippen molar-refractivity contribution in [2.45, 2.75) is 0 Å². The average molecular weight is 328 g/mol. The maximum atomic E-state index is 12.5. The van der Waals surface area contributed by atoms with Crippen LogP contribution in [0.5, 0.6) is 0 Å². The van der Waals surface area contributed by atoms with Crippen LogP contribution in [0.25, 0.3) is 10.2 Å². The molecular weight excluding hydrogens is 312 g/mol. The average Bonchev–Trinajstić information content (AvgIpc) is 3.22. The fourth-order valence-electron chi connectivity index (χ4n) is 2.88. The van der Waals surface area contributed by atoms with E-state index in [1.165, 1.54) is 0 Å². The Hall–Kier alpha value is -2.48. The number of piperazine rings is 1. The highest BCUT2D eigenvalue weighted by Crippen LogP contribution is 2.27. The number of hydrogen-bond donors (Lipinski definition) is 0. The summed E-state index contributed by atoms with van der Waals surface area (Å²) in [5.74, 6) is 0.997. The van der Waals surface area contributed by atoms with Crippen molar-refractivity contribution in [2.24, 2.45) is 7.05 Å². The first-order valence-electron chi connectivity index (χ1n) is 7.43. The van der Waals surface area contributed by atoms with Crippen molar-refractivity contribution in [1.29, 1.82) is 0 Å². The van der Waals surface area contributed by atoms with Crippen molar-refractivity contribution >= 4 is 33.3 Å². The standard InChI is InChI=1S/C15H16N6OS/c1-19-10-16-8-12(19)15(22)21-5-3-20(4-6-21)13-11-2-7-23-14(11)18-9-17-13/h2,7-10H,3-6H2,1H3. The quantitative estimate of drug-likeness (QED) is 0.711. The molecule has 1 saturated heterocycles. The van der Waals surface area contributed by atoms with Crippen LogP contribution >= 0.6 is 11.3 Å². The molecule has 0 atom stereocenters. The summed E-state index contributed by atoms with van der Waals surface area (Å²) >= 11 is 1.62. The normalized spacial score (nSPS) is 15.3. The molecule has 0 radical (unpaired) electrons. The molecular formula is C15H16N6OS. The second-order valence-electron chi connectivity index (χ2n) is 5.51. The van der Waals surface area contributed by atoms with Crippen molar-refractivity contribution in [3.05, 3.63) is 36.0 Å². The molecule has 3 aromatic rings. The van der Waals surface area contributed by atoms with Crippen LogP contribution in [0.4, 0.5) is 5.82 Å². The molecule has 7 nitrogen and oxygen atoms in total. The third-order valence-corrected chi connectivity index (χ3v) is 4.96. The number of aryl methyl sites for hydroxylation is 1. The van der Waals surface area contributed by atoms with Gasteiger partial charge in [0, 0.05) is 33.2 Å². The zero-order chi connectivity index (χ0) is 15.8. The lowest BCUT2D eigenvalue weighted by atomic mass is 10.2. The first kappa shape index (κ1) is 14.1. The molecule has 1 aliphatic heterocycles. The van der Waals surface area contributed by atoms with Crippen LogP contribution in [-0.4, -0.2) is 56.5 Å². The Labute approximate surface area is 137 Å². The molecule has 0 bridgehead atoms. The predicted molar refractivity (Wildman–Crippen MR) is 88.7 cm³/mol. The molecule has 3 aromatic heterocycles. The number of nitrogens with zero attached hydrogens (tertiary/aromatic N) is 6. The lowest BCUT2D eigenvalue weighted by Gasteiger charge is -2.35. The summed E-state index contributed by atoms with van der Waals surface area (Å²) in [6.07, 6.45) is 4.88. The number of amides is 1. The monoisotopic (exact) mass is 328 g/mol. The Balaban J connectivity index is 1.50. The highest BCUT2D eigenvalue weighted by atomic mass is 32.1. The maximum Gasteiger partial charge on any atom is 0.272 e. The first-order valence-corrected chi connectivity index (χ1v) is 8.31. The van der Waals surface area contributed by atoms with Crippen molar-refractivity contribution in [1.82, 2.24) is 24.4 Å². The second-order valence-corrected chi connectivity index (χ2v) is 6.40. The van der Waals surface area contributed by atoms with Crippen LogP contribution in [-0.2, 0) is 7.05 Å². The summed E-state index contributed by atoms with van der Waals surface area (Å²) in [7, 11) is 1.84. The lowest BCUT2D eigenvalue weighted by Crippen LogP contribution is -2.49. The highest BCUT2D eigenvalue weighted by Gasteiger charge is 2.25. The van der Waals surface area contributed by atoms with Gasteiger partial charge in [-0.05, 0) is 11.4 Å². The van der Waals surface area contributed by atoms with Gasteiger partial charge in [0.1, 0.15) is 22.7 Å². The van der Waals surface area contributed by atoms with Crippen LogP contribution in [0.2, 0.25) is 0 Å². The summed E-state index contributed by atoms with van der Waals surface area (Å²) in [6.45, 7) is 2.90. The molecule has 23 heavy (non-hydrogen) atoms. The molecule has 1 amide bonds. The van der Waals surface area contributed by atoms with Crippen LogP contribution in [0.1, 0.15) is 10.5 Å². The Bertz CT molecular complexity index is 848. The fourth-order valence-corrected chi connectivity index (χ4v) is 3.60.